The molecule has 1 aromatic carbocycles. The first-order valence-corrected chi connectivity index (χ1v) is 6.51. The third-order valence-corrected chi connectivity index (χ3v) is 3.84. The van der Waals surface area contributed by atoms with E-state index in [-0.39, 0.29) is 17.5 Å². The van der Waals surface area contributed by atoms with E-state index in [0.29, 0.717) is 5.69 Å². The molecule has 1 heterocycles. The Kier molecular flexibility index (Phi) is 3.66. The van der Waals surface area contributed by atoms with Gasteiger partial charge >= 0.3 is 0 Å². The normalized spacial score (nSPS) is 12.1. The molecule has 1 aromatic heterocycles. The van der Waals surface area contributed by atoms with Gasteiger partial charge in [-0.2, -0.15) is 0 Å². The smallest absolute Gasteiger partial charge is 0.296 e. The lowest BCUT2D eigenvalue weighted by Crippen LogP contribution is -2.08. The number of phenols is 1. The Morgan fingerprint density at radius 3 is 2.84 bits per heavy atom. The lowest BCUT2D eigenvalue weighted by Gasteiger charge is -2.14. The van der Waals surface area contributed by atoms with E-state index in [0.717, 1.165) is 16.6 Å². The number of nitro groups is 1. The highest BCUT2D eigenvalue weighted by Crippen LogP contribution is 2.32. The van der Waals surface area contributed by atoms with Crippen molar-refractivity contribution in [1.82, 2.24) is 4.98 Å². The van der Waals surface area contributed by atoms with Gasteiger partial charge in [0, 0.05) is 4.88 Å². The molecule has 6 nitrogen and oxygen atoms in total. The molecule has 7 heteroatoms. The van der Waals surface area contributed by atoms with Gasteiger partial charge in [-0.1, -0.05) is 0 Å². The van der Waals surface area contributed by atoms with E-state index < -0.39 is 4.92 Å². The second-order valence-electron chi connectivity index (χ2n) is 4.13. The van der Waals surface area contributed by atoms with Crippen LogP contribution in [0.5, 0.6) is 5.75 Å². The van der Waals surface area contributed by atoms with Crippen LogP contribution >= 0.6 is 11.3 Å². The molecule has 0 aliphatic carbocycles. The molecule has 2 rings (SSSR count). The van der Waals surface area contributed by atoms with E-state index in [1.54, 1.807) is 5.51 Å². The maximum absolute atomic E-state index is 11.0. The van der Waals surface area contributed by atoms with Gasteiger partial charge in [0.05, 0.1) is 28.2 Å². The molecule has 1 unspecified atom stereocenters. The van der Waals surface area contributed by atoms with Crippen molar-refractivity contribution in [2.45, 2.75) is 19.9 Å². The van der Waals surface area contributed by atoms with Gasteiger partial charge < -0.3 is 10.4 Å². The highest BCUT2D eigenvalue weighted by molar-refractivity contribution is 7.09. The van der Waals surface area contributed by atoms with E-state index in [9.17, 15) is 15.2 Å². The zero-order valence-corrected chi connectivity index (χ0v) is 11.3. The van der Waals surface area contributed by atoms with Gasteiger partial charge in [-0.05, 0) is 26.0 Å². The van der Waals surface area contributed by atoms with Crippen LogP contribution in [-0.4, -0.2) is 15.0 Å². The van der Waals surface area contributed by atoms with E-state index in [1.807, 2.05) is 13.8 Å². The molecule has 1 atom stereocenters. The van der Waals surface area contributed by atoms with Crippen molar-refractivity contribution in [3.63, 3.8) is 0 Å². The summed E-state index contributed by atoms with van der Waals surface area (Å²) in [7, 11) is 0. The molecule has 0 saturated carbocycles. The summed E-state index contributed by atoms with van der Waals surface area (Å²) in [6, 6.07) is 3.96. The summed E-state index contributed by atoms with van der Waals surface area (Å²) in [6.45, 7) is 3.81. The molecule has 100 valence electrons. The summed E-state index contributed by atoms with van der Waals surface area (Å²) in [6.07, 6.45) is 0. The quantitative estimate of drug-likeness (QED) is 0.509. The van der Waals surface area contributed by atoms with Crippen molar-refractivity contribution in [2.75, 3.05) is 5.32 Å². The largest absolute Gasteiger partial charge is 0.508 e. The molecule has 0 bridgehead atoms. The molecule has 0 amide bonds. The Balaban J connectivity index is 2.29. The summed E-state index contributed by atoms with van der Waals surface area (Å²) in [5.41, 5.74) is 2.89. The number of aromatic hydroxyl groups is 1. The summed E-state index contributed by atoms with van der Waals surface area (Å²) < 4.78 is 0. The van der Waals surface area contributed by atoms with Crippen molar-refractivity contribution in [3.05, 3.63) is 44.4 Å². The van der Waals surface area contributed by atoms with Crippen LogP contribution in [0.1, 0.15) is 23.5 Å². The zero-order chi connectivity index (χ0) is 14.0. The molecule has 2 aromatic rings. The van der Waals surface area contributed by atoms with E-state index in [4.69, 9.17) is 0 Å². The molecule has 0 radical (unpaired) electrons. The van der Waals surface area contributed by atoms with Gasteiger partial charge in [-0.15, -0.1) is 11.3 Å². The number of rotatable bonds is 4. The Morgan fingerprint density at radius 1 is 1.53 bits per heavy atom. The number of aryl methyl sites for hydroxylation is 1. The Hall–Kier alpha value is -2.15. The summed E-state index contributed by atoms with van der Waals surface area (Å²) in [5, 5.41) is 23.3. The highest BCUT2D eigenvalue weighted by atomic mass is 32.1. The Morgan fingerprint density at radius 2 is 2.26 bits per heavy atom. The number of benzene rings is 1. The van der Waals surface area contributed by atoms with E-state index in [2.05, 4.69) is 10.3 Å². The first-order chi connectivity index (χ1) is 8.99. The fourth-order valence-corrected chi connectivity index (χ4v) is 2.63. The molecule has 2 N–H and O–H groups in total. The maximum atomic E-state index is 11.0. The number of phenolic OH excluding ortho intramolecular Hbond substituents is 1. The molecule has 0 aliphatic heterocycles. The number of anilines is 1. The minimum atomic E-state index is -0.520. The van der Waals surface area contributed by atoms with E-state index in [1.165, 1.54) is 23.5 Å². The predicted molar refractivity (Wildman–Crippen MR) is 73.6 cm³/mol. The van der Waals surface area contributed by atoms with Crippen LogP contribution in [0.15, 0.2) is 23.7 Å². The van der Waals surface area contributed by atoms with Gasteiger partial charge in [0.2, 0.25) is 0 Å². The van der Waals surface area contributed by atoms with Crippen molar-refractivity contribution in [1.29, 1.82) is 0 Å². The van der Waals surface area contributed by atoms with Gasteiger partial charge in [0.25, 0.3) is 5.69 Å². The molecule has 0 aliphatic rings. The van der Waals surface area contributed by atoms with E-state index >= 15 is 0 Å². The third kappa shape index (κ3) is 2.82. The highest BCUT2D eigenvalue weighted by Gasteiger charge is 2.18. The number of nitrogens with zero attached hydrogens (tertiary/aromatic N) is 2. The SMILES string of the molecule is Cc1ncsc1C(C)Nc1ccc(O)cc1[N+](=O)[O-]. The second kappa shape index (κ2) is 5.23. The van der Waals surface area contributed by atoms with Crippen LogP contribution in [0, 0.1) is 17.0 Å². The average molecular weight is 279 g/mol. The molecule has 0 spiro atoms. The molecular weight excluding hydrogens is 266 g/mol. The first kappa shape index (κ1) is 13.3. The van der Waals surface area contributed by atoms with Crippen LogP contribution < -0.4 is 5.32 Å². The number of aromatic nitrogens is 1. The van der Waals surface area contributed by atoms with Crippen molar-refractivity contribution in [2.24, 2.45) is 0 Å². The predicted octanol–water partition coefficient (Wildman–Crippen LogP) is 3.24. The number of hydrogen-bond acceptors (Lipinski definition) is 6. The topological polar surface area (TPSA) is 88.3 Å². The van der Waals surface area contributed by atoms with Crippen LogP contribution in [0.2, 0.25) is 0 Å². The summed E-state index contributed by atoms with van der Waals surface area (Å²) in [4.78, 5) is 15.6. The third-order valence-electron chi connectivity index (χ3n) is 2.73. The standard InChI is InChI=1S/C12H13N3O3S/c1-7-12(19-6-13-7)8(2)14-10-4-3-9(16)5-11(10)15(17)18/h3-6,8,14,16H,1-2H3. The maximum Gasteiger partial charge on any atom is 0.296 e. The number of hydrogen-bond donors (Lipinski definition) is 2. The Bertz CT molecular complexity index is 612. The lowest BCUT2D eigenvalue weighted by atomic mass is 10.2. The number of nitrogens with one attached hydrogen (secondary N) is 1. The van der Waals surface area contributed by atoms with Crippen molar-refractivity contribution in [3.8, 4) is 5.75 Å². The summed E-state index contributed by atoms with van der Waals surface area (Å²) >= 11 is 1.50. The van der Waals surface area contributed by atoms with Gasteiger partial charge in [0.1, 0.15) is 11.4 Å². The molecule has 0 fully saturated rings. The van der Waals surface area contributed by atoms with Gasteiger partial charge in [-0.3, -0.25) is 10.1 Å². The molecule has 0 saturated heterocycles. The fraction of sp³-hybridized carbons (Fsp3) is 0.250. The van der Waals surface area contributed by atoms with Gasteiger partial charge in [0.15, 0.2) is 0 Å². The van der Waals surface area contributed by atoms with Crippen molar-refractivity contribution < 1.29 is 10.0 Å². The molecule has 19 heavy (non-hydrogen) atoms. The minimum Gasteiger partial charge on any atom is -0.508 e. The van der Waals surface area contributed by atoms with Crippen LogP contribution in [-0.2, 0) is 0 Å². The minimum absolute atomic E-state index is 0.0873. The Labute approximate surface area is 113 Å². The zero-order valence-electron chi connectivity index (χ0n) is 10.5. The lowest BCUT2D eigenvalue weighted by molar-refractivity contribution is -0.384. The number of nitro benzene ring substituents is 1. The monoisotopic (exact) mass is 279 g/mol. The molecular formula is C12H13N3O3S. The first-order valence-electron chi connectivity index (χ1n) is 5.63. The van der Waals surface area contributed by atoms with Crippen LogP contribution in [0.25, 0.3) is 0 Å². The number of thiazole rings is 1. The van der Waals surface area contributed by atoms with Crippen LogP contribution in [0.3, 0.4) is 0 Å². The van der Waals surface area contributed by atoms with Crippen LogP contribution in [0.4, 0.5) is 11.4 Å². The van der Waals surface area contributed by atoms with Crippen molar-refractivity contribution >= 4 is 22.7 Å². The average Bonchev–Trinajstić information content (AvgIpc) is 2.77. The fourth-order valence-electron chi connectivity index (χ4n) is 1.82. The second-order valence-corrected chi connectivity index (χ2v) is 5.01. The summed E-state index contributed by atoms with van der Waals surface area (Å²) in [5.74, 6) is -0.126. The van der Waals surface area contributed by atoms with Gasteiger partial charge in [-0.25, -0.2) is 4.98 Å².